The highest BCUT2D eigenvalue weighted by atomic mass is 16.5. The lowest BCUT2D eigenvalue weighted by atomic mass is 10.1. The summed E-state index contributed by atoms with van der Waals surface area (Å²) in [6, 6.07) is 10.7. The quantitative estimate of drug-likeness (QED) is 0.744. The Hall–Kier alpha value is -1.35. The minimum absolute atomic E-state index is 0.167. The Kier molecular flexibility index (Phi) is 5.57. The first-order valence-corrected chi connectivity index (χ1v) is 5.56. The van der Waals surface area contributed by atoms with Crippen molar-refractivity contribution in [2.45, 2.75) is 25.8 Å². The molecule has 0 aromatic heterocycles. The van der Waals surface area contributed by atoms with Gasteiger partial charge in [0.15, 0.2) is 0 Å². The van der Waals surface area contributed by atoms with Crippen LogP contribution in [0, 0.1) is 0 Å². The zero-order valence-corrected chi connectivity index (χ0v) is 9.90. The zero-order chi connectivity index (χ0) is 11.8. The molecular formula is C13H19NO2. The number of hydrogen-bond acceptors (Lipinski definition) is 3. The summed E-state index contributed by atoms with van der Waals surface area (Å²) in [4.78, 5) is 10.9. The van der Waals surface area contributed by atoms with Crippen LogP contribution in [0.3, 0.4) is 0 Å². The lowest BCUT2D eigenvalue weighted by molar-refractivity contribution is -0.140. The maximum absolute atomic E-state index is 10.9. The average molecular weight is 221 g/mol. The number of methoxy groups -OCH3 is 1. The summed E-state index contributed by atoms with van der Waals surface area (Å²) in [6.45, 7) is 2.78. The number of carbonyl (C=O) groups excluding carboxylic acids is 1. The van der Waals surface area contributed by atoms with Crippen LogP contribution in [0.4, 0.5) is 0 Å². The first kappa shape index (κ1) is 12.7. The van der Waals surface area contributed by atoms with Gasteiger partial charge in [-0.2, -0.15) is 0 Å². The van der Waals surface area contributed by atoms with Gasteiger partial charge in [-0.15, -0.1) is 0 Å². The van der Waals surface area contributed by atoms with Crippen molar-refractivity contribution < 1.29 is 9.53 Å². The molecule has 0 aliphatic rings. The molecule has 1 N–H and O–H groups in total. The molecule has 88 valence electrons. The van der Waals surface area contributed by atoms with Crippen LogP contribution >= 0.6 is 0 Å². The molecular weight excluding hydrogens is 202 g/mol. The van der Waals surface area contributed by atoms with Gasteiger partial charge >= 0.3 is 5.97 Å². The summed E-state index contributed by atoms with van der Waals surface area (Å²) in [5.41, 5.74) is 1.31. The summed E-state index contributed by atoms with van der Waals surface area (Å²) in [5, 5.41) is 3.30. The van der Waals surface area contributed by atoms with Crippen LogP contribution in [-0.2, 0) is 16.0 Å². The molecule has 1 unspecified atom stereocenters. The van der Waals surface area contributed by atoms with Crippen LogP contribution in [0.2, 0.25) is 0 Å². The molecule has 0 bridgehead atoms. The van der Waals surface area contributed by atoms with Gasteiger partial charge in [0.2, 0.25) is 0 Å². The van der Waals surface area contributed by atoms with Crippen molar-refractivity contribution in [3.8, 4) is 0 Å². The molecule has 0 fully saturated rings. The van der Waals surface area contributed by atoms with Gasteiger partial charge in [-0.05, 0) is 18.9 Å². The van der Waals surface area contributed by atoms with Gasteiger partial charge < -0.3 is 10.1 Å². The summed E-state index contributed by atoms with van der Waals surface area (Å²) >= 11 is 0. The van der Waals surface area contributed by atoms with E-state index < -0.39 is 0 Å². The van der Waals surface area contributed by atoms with E-state index in [2.05, 4.69) is 29.1 Å². The lowest BCUT2D eigenvalue weighted by Crippen LogP contribution is -2.30. The van der Waals surface area contributed by atoms with Crippen LogP contribution in [0.25, 0.3) is 0 Å². The van der Waals surface area contributed by atoms with E-state index >= 15 is 0 Å². The summed E-state index contributed by atoms with van der Waals surface area (Å²) in [7, 11) is 1.41. The molecule has 3 nitrogen and oxygen atoms in total. The third-order valence-electron chi connectivity index (χ3n) is 2.43. The summed E-state index contributed by atoms with van der Waals surface area (Å²) in [5.74, 6) is -0.167. The summed E-state index contributed by atoms with van der Waals surface area (Å²) < 4.78 is 4.57. The van der Waals surface area contributed by atoms with E-state index in [-0.39, 0.29) is 5.97 Å². The molecule has 0 aliphatic heterocycles. The molecule has 1 rings (SSSR count). The van der Waals surface area contributed by atoms with E-state index in [1.807, 2.05) is 18.2 Å². The van der Waals surface area contributed by atoms with Gasteiger partial charge in [0, 0.05) is 12.6 Å². The fraction of sp³-hybridized carbons (Fsp3) is 0.462. The van der Waals surface area contributed by atoms with Crippen molar-refractivity contribution in [1.82, 2.24) is 5.32 Å². The molecule has 0 radical (unpaired) electrons. The Bertz CT molecular complexity index is 311. The van der Waals surface area contributed by atoms with Crippen molar-refractivity contribution in [1.29, 1.82) is 0 Å². The molecule has 3 heteroatoms. The monoisotopic (exact) mass is 221 g/mol. The van der Waals surface area contributed by atoms with E-state index in [0.717, 1.165) is 6.42 Å². The van der Waals surface area contributed by atoms with Gasteiger partial charge in [-0.3, -0.25) is 4.79 Å². The molecule has 16 heavy (non-hydrogen) atoms. The highest BCUT2D eigenvalue weighted by molar-refractivity contribution is 5.69. The van der Waals surface area contributed by atoms with Crippen molar-refractivity contribution in [3.05, 3.63) is 35.9 Å². The second-order valence-corrected chi connectivity index (χ2v) is 3.87. The molecule has 1 aromatic carbocycles. The smallest absolute Gasteiger partial charge is 0.306 e. The molecule has 0 heterocycles. The Morgan fingerprint density at radius 1 is 1.38 bits per heavy atom. The minimum atomic E-state index is -0.167. The largest absolute Gasteiger partial charge is 0.469 e. The molecule has 1 atom stereocenters. The Morgan fingerprint density at radius 2 is 2.06 bits per heavy atom. The molecule has 0 saturated carbocycles. The number of carbonyl (C=O) groups is 1. The van der Waals surface area contributed by atoms with E-state index in [1.165, 1.54) is 12.7 Å². The van der Waals surface area contributed by atoms with Crippen LogP contribution in [0.15, 0.2) is 30.3 Å². The van der Waals surface area contributed by atoms with Gasteiger partial charge in [-0.1, -0.05) is 30.3 Å². The third kappa shape index (κ3) is 4.94. The maximum Gasteiger partial charge on any atom is 0.306 e. The number of benzene rings is 1. The fourth-order valence-corrected chi connectivity index (χ4v) is 1.56. The predicted molar refractivity (Wildman–Crippen MR) is 64.2 cm³/mol. The van der Waals surface area contributed by atoms with E-state index in [4.69, 9.17) is 0 Å². The van der Waals surface area contributed by atoms with E-state index in [0.29, 0.717) is 19.0 Å². The standard InChI is InChI=1S/C13H19NO2/c1-11(14-9-8-13(15)16-2)10-12-6-4-3-5-7-12/h3-7,11,14H,8-10H2,1-2H3. The van der Waals surface area contributed by atoms with Crippen molar-refractivity contribution in [2.24, 2.45) is 0 Å². The molecule has 0 spiro atoms. The van der Waals surface area contributed by atoms with Crippen LogP contribution in [0.1, 0.15) is 18.9 Å². The number of rotatable bonds is 6. The molecule has 0 aliphatic carbocycles. The van der Waals surface area contributed by atoms with E-state index in [1.54, 1.807) is 0 Å². The summed E-state index contributed by atoms with van der Waals surface area (Å²) in [6.07, 6.45) is 1.40. The lowest BCUT2D eigenvalue weighted by Gasteiger charge is -2.13. The number of ether oxygens (including phenoxy) is 1. The second kappa shape index (κ2) is 7.01. The topological polar surface area (TPSA) is 38.3 Å². The predicted octanol–water partition coefficient (Wildman–Crippen LogP) is 1.77. The average Bonchev–Trinajstić information content (AvgIpc) is 2.30. The van der Waals surface area contributed by atoms with Crippen LogP contribution < -0.4 is 5.32 Å². The number of nitrogens with one attached hydrogen (secondary N) is 1. The third-order valence-corrected chi connectivity index (χ3v) is 2.43. The van der Waals surface area contributed by atoms with Crippen LogP contribution in [-0.4, -0.2) is 25.7 Å². The highest BCUT2D eigenvalue weighted by Crippen LogP contribution is 2.02. The first-order valence-electron chi connectivity index (χ1n) is 5.56. The maximum atomic E-state index is 10.9. The first-order chi connectivity index (χ1) is 7.72. The van der Waals surface area contributed by atoms with Gasteiger partial charge in [0.25, 0.3) is 0 Å². The Morgan fingerprint density at radius 3 is 2.69 bits per heavy atom. The Balaban J connectivity index is 2.21. The minimum Gasteiger partial charge on any atom is -0.469 e. The zero-order valence-electron chi connectivity index (χ0n) is 9.90. The van der Waals surface area contributed by atoms with Gasteiger partial charge in [0.05, 0.1) is 13.5 Å². The Labute approximate surface area is 96.8 Å². The molecule has 0 saturated heterocycles. The normalized spacial score (nSPS) is 12.1. The fourth-order valence-electron chi connectivity index (χ4n) is 1.56. The number of esters is 1. The molecule has 0 amide bonds. The van der Waals surface area contributed by atoms with E-state index in [9.17, 15) is 4.79 Å². The SMILES string of the molecule is COC(=O)CCNC(C)Cc1ccccc1. The number of hydrogen-bond donors (Lipinski definition) is 1. The van der Waals surface area contributed by atoms with Crippen molar-refractivity contribution >= 4 is 5.97 Å². The van der Waals surface area contributed by atoms with Crippen molar-refractivity contribution in [2.75, 3.05) is 13.7 Å². The highest BCUT2D eigenvalue weighted by Gasteiger charge is 2.04. The van der Waals surface area contributed by atoms with Gasteiger partial charge in [-0.25, -0.2) is 0 Å². The van der Waals surface area contributed by atoms with Crippen LogP contribution in [0.5, 0.6) is 0 Å². The van der Waals surface area contributed by atoms with Crippen molar-refractivity contribution in [3.63, 3.8) is 0 Å². The van der Waals surface area contributed by atoms with Gasteiger partial charge in [0.1, 0.15) is 0 Å². The molecule has 1 aromatic rings. The second-order valence-electron chi connectivity index (χ2n) is 3.87.